The largest absolute Gasteiger partial charge is 0.463 e. The second kappa shape index (κ2) is 6.45. The molecule has 0 spiro atoms. The van der Waals surface area contributed by atoms with Gasteiger partial charge in [0.1, 0.15) is 17.1 Å². The number of aryl methyl sites for hydroxylation is 1. The van der Waals surface area contributed by atoms with Crippen molar-refractivity contribution in [2.24, 2.45) is 5.92 Å². The summed E-state index contributed by atoms with van der Waals surface area (Å²) >= 11 is 1.65. The molecule has 2 N–H and O–H groups in total. The van der Waals surface area contributed by atoms with Crippen molar-refractivity contribution < 1.29 is 14.3 Å². The lowest BCUT2D eigenvalue weighted by Crippen LogP contribution is -2.40. The van der Waals surface area contributed by atoms with Crippen LogP contribution in [0.1, 0.15) is 30.2 Å². The van der Waals surface area contributed by atoms with Crippen LogP contribution < -0.4 is 5.32 Å². The van der Waals surface area contributed by atoms with Crippen molar-refractivity contribution in [3.05, 3.63) is 46.0 Å². The van der Waals surface area contributed by atoms with Gasteiger partial charge in [0.05, 0.1) is 6.54 Å². The first kappa shape index (κ1) is 15.8. The zero-order valence-electron chi connectivity index (χ0n) is 12.6. The maximum absolute atomic E-state index is 12.1. The molecule has 0 bridgehead atoms. The Morgan fingerprint density at radius 2 is 2.24 bits per heavy atom. The molecule has 114 valence electrons. The molecule has 5 heteroatoms. The zero-order chi connectivity index (χ0) is 15.5. The van der Waals surface area contributed by atoms with E-state index in [1.165, 1.54) is 4.88 Å². The Kier molecular flexibility index (Phi) is 4.85. The SMILES string of the molecule is Cc1ccc(C(C)(O)CNC(=O)C(C)Cc2cccs2)o1. The maximum atomic E-state index is 12.1. The van der Waals surface area contributed by atoms with Gasteiger partial charge in [-0.3, -0.25) is 4.79 Å². The number of rotatable bonds is 6. The first-order valence-corrected chi connectivity index (χ1v) is 7.86. The fourth-order valence-corrected chi connectivity index (χ4v) is 2.90. The molecule has 0 aliphatic carbocycles. The number of carbonyl (C=O) groups excluding carboxylic acids is 1. The Balaban J connectivity index is 1.88. The Morgan fingerprint density at radius 3 is 2.81 bits per heavy atom. The minimum absolute atomic E-state index is 0.0630. The predicted octanol–water partition coefficient (Wildman–Crippen LogP) is 2.85. The highest BCUT2D eigenvalue weighted by atomic mass is 32.1. The third-order valence-corrected chi connectivity index (χ3v) is 4.31. The monoisotopic (exact) mass is 307 g/mol. The Bertz CT molecular complexity index is 586. The number of furan rings is 1. The Morgan fingerprint density at radius 1 is 1.48 bits per heavy atom. The zero-order valence-corrected chi connectivity index (χ0v) is 13.4. The molecule has 0 radical (unpaired) electrons. The van der Waals surface area contributed by atoms with Crippen molar-refractivity contribution in [3.8, 4) is 0 Å². The van der Waals surface area contributed by atoms with E-state index < -0.39 is 5.60 Å². The van der Waals surface area contributed by atoms with Crippen LogP contribution in [0.3, 0.4) is 0 Å². The second-order valence-electron chi connectivity index (χ2n) is 5.59. The van der Waals surface area contributed by atoms with Gasteiger partial charge in [-0.05, 0) is 43.8 Å². The molecule has 0 saturated carbocycles. The third kappa shape index (κ3) is 4.19. The van der Waals surface area contributed by atoms with Crippen LogP contribution in [0.4, 0.5) is 0 Å². The molecule has 2 rings (SSSR count). The number of thiophene rings is 1. The summed E-state index contributed by atoms with van der Waals surface area (Å²) in [4.78, 5) is 13.3. The molecule has 0 aliphatic heterocycles. The first-order chi connectivity index (χ1) is 9.88. The van der Waals surface area contributed by atoms with Gasteiger partial charge in [0.2, 0.25) is 5.91 Å². The van der Waals surface area contributed by atoms with E-state index in [1.807, 2.05) is 31.4 Å². The van der Waals surface area contributed by atoms with E-state index in [2.05, 4.69) is 5.32 Å². The summed E-state index contributed by atoms with van der Waals surface area (Å²) in [6.07, 6.45) is 0.714. The van der Waals surface area contributed by atoms with Crippen LogP contribution in [0.5, 0.6) is 0 Å². The molecule has 1 amide bonds. The van der Waals surface area contributed by atoms with Crippen molar-refractivity contribution in [2.75, 3.05) is 6.54 Å². The minimum Gasteiger partial charge on any atom is -0.463 e. The van der Waals surface area contributed by atoms with Crippen LogP contribution in [0.2, 0.25) is 0 Å². The van der Waals surface area contributed by atoms with E-state index in [-0.39, 0.29) is 18.4 Å². The van der Waals surface area contributed by atoms with Crippen molar-refractivity contribution in [1.82, 2.24) is 5.32 Å². The second-order valence-corrected chi connectivity index (χ2v) is 6.62. The summed E-state index contributed by atoms with van der Waals surface area (Å²) in [5, 5.41) is 15.2. The fraction of sp³-hybridized carbons (Fsp3) is 0.438. The molecule has 2 atom stereocenters. The smallest absolute Gasteiger partial charge is 0.223 e. The highest BCUT2D eigenvalue weighted by Gasteiger charge is 2.28. The van der Waals surface area contributed by atoms with Crippen molar-refractivity contribution in [3.63, 3.8) is 0 Å². The Labute approximate surface area is 128 Å². The van der Waals surface area contributed by atoms with Gasteiger partial charge < -0.3 is 14.8 Å². The standard InChI is InChI=1S/C16H21NO3S/c1-11(9-13-5-4-8-21-13)15(18)17-10-16(3,19)14-7-6-12(2)20-14/h4-8,11,19H,9-10H2,1-3H3,(H,17,18). The molecule has 0 fully saturated rings. The van der Waals surface area contributed by atoms with Crippen LogP contribution >= 0.6 is 11.3 Å². The Hall–Kier alpha value is -1.59. The summed E-state index contributed by atoms with van der Waals surface area (Å²) in [6.45, 7) is 5.48. The molecule has 2 aromatic rings. The highest BCUT2D eigenvalue weighted by molar-refractivity contribution is 7.09. The van der Waals surface area contributed by atoms with Gasteiger partial charge >= 0.3 is 0 Å². The van der Waals surface area contributed by atoms with Crippen molar-refractivity contribution in [2.45, 2.75) is 32.8 Å². The number of amides is 1. The normalized spacial score (nSPS) is 15.4. The lowest BCUT2D eigenvalue weighted by atomic mass is 10.0. The third-order valence-electron chi connectivity index (χ3n) is 3.41. The summed E-state index contributed by atoms with van der Waals surface area (Å²) in [5.74, 6) is 1.01. The van der Waals surface area contributed by atoms with Gasteiger partial charge in [0.25, 0.3) is 0 Å². The average molecular weight is 307 g/mol. The van der Waals surface area contributed by atoms with Gasteiger partial charge in [-0.25, -0.2) is 0 Å². The molecular formula is C16H21NO3S. The van der Waals surface area contributed by atoms with E-state index in [0.717, 1.165) is 5.76 Å². The number of carbonyl (C=O) groups is 1. The molecule has 0 saturated heterocycles. The maximum Gasteiger partial charge on any atom is 0.223 e. The van der Waals surface area contributed by atoms with Gasteiger partial charge in [0, 0.05) is 10.8 Å². The van der Waals surface area contributed by atoms with Gasteiger partial charge in [0.15, 0.2) is 0 Å². The van der Waals surface area contributed by atoms with Crippen molar-refractivity contribution >= 4 is 17.2 Å². The molecule has 2 unspecified atom stereocenters. The van der Waals surface area contributed by atoms with E-state index in [9.17, 15) is 9.90 Å². The number of aliphatic hydroxyl groups is 1. The lowest BCUT2D eigenvalue weighted by Gasteiger charge is -2.22. The molecule has 0 aromatic carbocycles. The van der Waals surface area contributed by atoms with E-state index in [4.69, 9.17) is 4.42 Å². The first-order valence-electron chi connectivity index (χ1n) is 6.98. The molecular weight excluding hydrogens is 286 g/mol. The van der Waals surface area contributed by atoms with E-state index >= 15 is 0 Å². The van der Waals surface area contributed by atoms with Gasteiger partial charge in [-0.2, -0.15) is 0 Å². The molecule has 0 aliphatic rings. The number of hydrogen-bond acceptors (Lipinski definition) is 4. The topological polar surface area (TPSA) is 62.5 Å². The van der Waals surface area contributed by atoms with Gasteiger partial charge in [-0.15, -0.1) is 11.3 Å². The van der Waals surface area contributed by atoms with Crippen LogP contribution in [0.25, 0.3) is 0 Å². The summed E-state index contributed by atoms with van der Waals surface area (Å²) < 4.78 is 5.43. The molecule has 2 heterocycles. The quantitative estimate of drug-likeness (QED) is 0.862. The van der Waals surface area contributed by atoms with Crippen LogP contribution in [-0.2, 0) is 16.8 Å². The summed E-state index contributed by atoms with van der Waals surface area (Å²) in [5.41, 5.74) is -1.20. The molecule has 2 aromatic heterocycles. The number of hydrogen-bond donors (Lipinski definition) is 2. The average Bonchev–Trinajstić information content (AvgIpc) is 3.07. The summed E-state index contributed by atoms with van der Waals surface area (Å²) in [7, 11) is 0. The molecule has 4 nitrogen and oxygen atoms in total. The molecule has 21 heavy (non-hydrogen) atoms. The fourth-order valence-electron chi connectivity index (χ4n) is 2.07. The van der Waals surface area contributed by atoms with Crippen LogP contribution in [0.15, 0.2) is 34.1 Å². The summed E-state index contributed by atoms with van der Waals surface area (Å²) in [6, 6.07) is 7.53. The van der Waals surface area contributed by atoms with E-state index in [1.54, 1.807) is 30.4 Å². The predicted molar refractivity (Wildman–Crippen MR) is 83.2 cm³/mol. The van der Waals surface area contributed by atoms with Crippen molar-refractivity contribution in [1.29, 1.82) is 0 Å². The number of nitrogens with one attached hydrogen (secondary N) is 1. The van der Waals surface area contributed by atoms with E-state index in [0.29, 0.717) is 12.2 Å². The minimum atomic E-state index is -1.20. The highest BCUT2D eigenvalue weighted by Crippen LogP contribution is 2.22. The van der Waals surface area contributed by atoms with Crippen LogP contribution in [0, 0.1) is 12.8 Å². The van der Waals surface area contributed by atoms with Crippen LogP contribution in [-0.4, -0.2) is 17.6 Å². The van der Waals surface area contributed by atoms with Gasteiger partial charge in [-0.1, -0.05) is 13.0 Å². The lowest BCUT2D eigenvalue weighted by molar-refractivity contribution is -0.125.